The minimum atomic E-state index is 0. The van der Waals surface area contributed by atoms with Crippen LogP contribution < -0.4 is 24.8 Å². The number of fused-ring (bicyclic) bond motifs is 2. The molecule has 2 saturated carbocycles. The van der Waals surface area contributed by atoms with E-state index >= 15 is 0 Å². The van der Waals surface area contributed by atoms with Crippen molar-refractivity contribution >= 4 is 0 Å². The summed E-state index contributed by atoms with van der Waals surface area (Å²) in [5, 5.41) is 0. The third kappa shape index (κ3) is 5.06. The van der Waals surface area contributed by atoms with Crippen molar-refractivity contribution in [3.8, 4) is 0 Å². The summed E-state index contributed by atoms with van der Waals surface area (Å²) in [6.07, 6.45) is 26.8. The van der Waals surface area contributed by atoms with Gasteiger partial charge in [-0.15, -0.1) is 0 Å². The third-order valence-corrected chi connectivity index (χ3v) is 4.91. The van der Waals surface area contributed by atoms with E-state index in [9.17, 15) is 0 Å². The minimum absolute atomic E-state index is 0. The van der Waals surface area contributed by atoms with Gasteiger partial charge >= 0.3 is 25.8 Å². The molecule has 130 valence electrons. The monoisotopic (exact) mass is 548 g/mol. The van der Waals surface area contributed by atoms with E-state index in [4.69, 9.17) is 0 Å². The number of halogens is 2. The Labute approximate surface area is 191 Å². The van der Waals surface area contributed by atoms with Crippen LogP contribution in [0.1, 0.15) is 26.7 Å². The molecule has 0 aromatic heterocycles. The van der Waals surface area contributed by atoms with E-state index in [1.807, 2.05) is 0 Å². The second-order valence-corrected chi connectivity index (χ2v) is 6.81. The largest absolute Gasteiger partial charge is 4.00 e. The Morgan fingerprint density at radius 3 is 1.81 bits per heavy atom. The normalized spacial score (nSPS) is 24.4. The van der Waals surface area contributed by atoms with Crippen LogP contribution in [0.2, 0.25) is 0 Å². The van der Waals surface area contributed by atoms with E-state index in [2.05, 4.69) is 81.7 Å². The van der Waals surface area contributed by atoms with Gasteiger partial charge in [-0.3, -0.25) is 0 Å². The zero-order valence-corrected chi connectivity index (χ0v) is 20.2. The Morgan fingerprint density at radius 2 is 1.23 bits per heavy atom. The van der Waals surface area contributed by atoms with Crippen LogP contribution >= 0.6 is 0 Å². The Kier molecular flexibility index (Phi) is 10.2. The predicted molar refractivity (Wildman–Crippen MR) is 96.2 cm³/mol. The Hall–Kier alpha value is 0.410. The van der Waals surface area contributed by atoms with E-state index in [-0.39, 0.29) is 50.7 Å². The molecule has 0 heterocycles. The maximum atomic E-state index is 2.39. The molecule has 4 aliphatic carbocycles. The van der Waals surface area contributed by atoms with Crippen LogP contribution in [0.3, 0.4) is 0 Å². The van der Waals surface area contributed by atoms with Crippen molar-refractivity contribution in [1.82, 2.24) is 0 Å². The van der Waals surface area contributed by atoms with Gasteiger partial charge in [-0.1, -0.05) is 62.5 Å². The molecule has 0 bridgehead atoms. The predicted octanol–water partition coefficient (Wildman–Crippen LogP) is -0.658. The Bertz CT molecular complexity index is 528. The molecule has 0 saturated heterocycles. The van der Waals surface area contributed by atoms with Crippen molar-refractivity contribution in [3.05, 3.63) is 109 Å². The van der Waals surface area contributed by atoms with Gasteiger partial charge in [0.05, 0.1) is 0 Å². The molecule has 0 nitrogen and oxygen atoms in total. The average molecular weight is 548 g/mol. The quantitative estimate of drug-likeness (QED) is 0.410. The van der Waals surface area contributed by atoms with Crippen molar-refractivity contribution in [2.75, 3.05) is 0 Å². The smallest absolute Gasteiger partial charge is 1.00 e. The average Bonchev–Trinajstić information content (AvgIpc) is 3.13. The zero-order valence-electron chi connectivity index (χ0n) is 15.1. The molecule has 4 rings (SSSR count). The van der Waals surface area contributed by atoms with Crippen LogP contribution in [-0.4, -0.2) is 0 Å². The summed E-state index contributed by atoms with van der Waals surface area (Å²) in [7, 11) is 0. The first-order valence-corrected chi connectivity index (χ1v) is 8.54. The molecule has 26 heavy (non-hydrogen) atoms. The molecule has 10 radical (unpaired) electrons. The molecule has 0 amide bonds. The molecule has 0 aromatic carbocycles. The van der Waals surface area contributed by atoms with Gasteiger partial charge in [-0.2, -0.15) is 0 Å². The van der Waals surface area contributed by atoms with Crippen LogP contribution in [0.4, 0.5) is 0 Å². The van der Waals surface area contributed by atoms with Crippen molar-refractivity contribution < 1.29 is 50.7 Å². The van der Waals surface area contributed by atoms with Gasteiger partial charge < -0.3 is 24.8 Å². The van der Waals surface area contributed by atoms with Crippen molar-refractivity contribution in [2.45, 2.75) is 26.7 Å². The third-order valence-electron chi connectivity index (χ3n) is 4.91. The van der Waals surface area contributed by atoms with Gasteiger partial charge in [-0.25, -0.2) is 0 Å². The molecule has 2 fully saturated rings. The first-order valence-electron chi connectivity index (χ1n) is 8.54. The second-order valence-electron chi connectivity index (χ2n) is 6.81. The Balaban J connectivity index is 0.00000113. The molecule has 0 spiro atoms. The number of hydrogen-bond donors (Lipinski definition) is 0. The maximum Gasteiger partial charge on any atom is 4.00 e. The summed E-state index contributed by atoms with van der Waals surface area (Å²) in [6.45, 7) is 4.60. The van der Waals surface area contributed by atoms with E-state index in [0.29, 0.717) is 5.92 Å². The SMILES string of the molecule is CC(C)[C]1[CH][C]2C=CC=C[C]2[C]1CC[C]1[CH][C]2C=CC=C[C]2[CH]1.[Cl-].[Cl-].[Hf+4]. The van der Waals surface area contributed by atoms with E-state index in [0.717, 1.165) is 12.8 Å². The van der Waals surface area contributed by atoms with Gasteiger partial charge in [0.25, 0.3) is 0 Å². The fourth-order valence-corrected chi connectivity index (χ4v) is 3.73. The van der Waals surface area contributed by atoms with Gasteiger partial charge in [0.2, 0.25) is 0 Å². The number of allylic oxidation sites excluding steroid dienone is 8. The second kappa shape index (κ2) is 10.8. The molecule has 4 aliphatic rings. The fourth-order valence-electron chi connectivity index (χ4n) is 3.73. The van der Waals surface area contributed by atoms with Crippen LogP contribution in [0, 0.1) is 66.6 Å². The summed E-state index contributed by atoms with van der Waals surface area (Å²) in [5.74, 6) is 10.6. The summed E-state index contributed by atoms with van der Waals surface area (Å²) in [4.78, 5) is 0. The topological polar surface area (TPSA) is 0 Å². The van der Waals surface area contributed by atoms with Gasteiger partial charge in [0.1, 0.15) is 0 Å². The maximum absolute atomic E-state index is 2.39. The van der Waals surface area contributed by atoms with Crippen molar-refractivity contribution in [2.24, 2.45) is 5.92 Å². The van der Waals surface area contributed by atoms with Crippen LogP contribution in [-0.2, 0) is 25.8 Å². The van der Waals surface area contributed by atoms with Crippen molar-refractivity contribution in [1.29, 1.82) is 0 Å². The van der Waals surface area contributed by atoms with Gasteiger partial charge in [0, 0.05) is 23.7 Å². The molecule has 3 heteroatoms. The van der Waals surface area contributed by atoms with Gasteiger partial charge in [-0.05, 0) is 55.8 Å². The minimum Gasteiger partial charge on any atom is -1.00 e. The molecule has 0 atom stereocenters. The van der Waals surface area contributed by atoms with E-state index < -0.39 is 0 Å². The summed E-state index contributed by atoms with van der Waals surface area (Å²) >= 11 is 0. The van der Waals surface area contributed by atoms with E-state index in [1.54, 1.807) is 5.92 Å². The molecular formula is C23H22Cl2Hf+2. The number of hydrogen-bond acceptors (Lipinski definition) is 0. The molecule has 0 N–H and O–H groups in total. The summed E-state index contributed by atoms with van der Waals surface area (Å²) in [6, 6.07) is 0. The summed E-state index contributed by atoms with van der Waals surface area (Å²) < 4.78 is 0. The standard InChI is InChI=1S/C23H22.2ClH.Hf/c1-16(2)23-15-20-9-5-6-10-21(20)22(23)12-11-17-13-18-7-3-4-8-19(18)14-17;;;/h3-10,13-16H,11-12H2,1-2H3;2*1H;/q;;;+4/p-2. The van der Waals surface area contributed by atoms with Crippen molar-refractivity contribution in [3.63, 3.8) is 0 Å². The summed E-state index contributed by atoms with van der Waals surface area (Å²) in [5.41, 5.74) is 0. The molecule has 0 aliphatic heterocycles. The molecular weight excluding hydrogens is 526 g/mol. The van der Waals surface area contributed by atoms with Crippen LogP contribution in [0.25, 0.3) is 0 Å². The first-order chi connectivity index (χ1) is 11.2. The molecule has 0 unspecified atom stereocenters. The van der Waals surface area contributed by atoms with E-state index in [1.165, 1.54) is 35.5 Å². The fraction of sp³-hybridized carbons (Fsp3) is 0.217. The molecule has 0 aromatic rings. The Morgan fingerprint density at radius 1 is 0.692 bits per heavy atom. The van der Waals surface area contributed by atoms with Crippen LogP contribution in [0.15, 0.2) is 48.6 Å². The van der Waals surface area contributed by atoms with Gasteiger partial charge in [0.15, 0.2) is 0 Å². The first kappa shape index (κ1) is 24.4. The number of rotatable bonds is 4. The zero-order chi connectivity index (χ0) is 15.8. The van der Waals surface area contributed by atoms with Crippen LogP contribution in [0.5, 0.6) is 0 Å².